The zero-order valence-electron chi connectivity index (χ0n) is 12.6. The average Bonchev–Trinajstić information content (AvgIpc) is 2.56. The molecule has 2 aromatic rings. The Bertz CT molecular complexity index is 700. The third-order valence-electron chi connectivity index (χ3n) is 3.05. The Balaban J connectivity index is 1.79. The van der Waals surface area contributed by atoms with E-state index in [4.69, 9.17) is 4.74 Å². The lowest BCUT2D eigenvalue weighted by atomic mass is 10.2. The van der Waals surface area contributed by atoms with Gasteiger partial charge >= 0.3 is 0 Å². The first-order valence-corrected chi connectivity index (χ1v) is 7.07. The summed E-state index contributed by atoms with van der Waals surface area (Å²) in [5.74, 6) is -1.78. The predicted molar refractivity (Wildman–Crippen MR) is 83.4 cm³/mol. The number of ether oxygens (including phenoxy) is 1. The average molecular weight is 318 g/mol. The summed E-state index contributed by atoms with van der Waals surface area (Å²) >= 11 is 0. The number of carbonyl (C=O) groups is 1. The van der Waals surface area contributed by atoms with E-state index in [9.17, 15) is 13.6 Å². The van der Waals surface area contributed by atoms with E-state index in [1.165, 1.54) is 17.8 Å². The summed E-state index contributed by atoms with van der Waals surface area (Å²) in [5.41, 5.74) is 3.76. The molecule has 0 spiro atoms. The van der Waals surface area contributed by atoms with Gasteiger partial charge < -0.3 is 4.74 Å². The molecule has 0 aliphatic carbocycles. The van der Waals surface area contributed by atoms with Crippen LogP contribution in [0.5, 0.6) is 5.75 Å². The Morgan fingerprint density at radius 2 is 1.91 bits per heavy atom. The maximum absolute atomic E-state index is 13.0. The molecule has 0 radical (unpaired) electrons. The summed E-state index contributed by atoms with van der Waals surface area (Å²) < 4.78 is 31.0. The zero-order valence-corrected chi connectivity index (χ0v) is 12.6. The zero-order chi connectivity index (χ0) is 16.7. The van der Waals surface area contributed by atoms with Crippen LogP contribution < -0.4 is 10.2 Å². The highest BCUT2D eigenvalue weighted by molar-refractivity contribution is 5.82. The minimum atomic E-state index is -0.973. The number of nitrogens with one attached hydrogen (secondary N) is 1. The van der Waals surface area contributed by atoms with Crippen LogP contribution >= 0.6 is 0 Å². The number of hydrogen-bond acceptors (Lipinski definition) is 3. The lowest BCUT2D eigenvalue weighted by Gasteiger charge is -2.05. The Labute approximate surface area is 132 Å². The summed E-state index contributed by atoms with van der Waals surface area (Å²) in [5, 5.41) is 3.66. The van der Waals surface area contributed by atoms with Crippen LogP contribution in [0.25, 0.3) is 0 Å². The van der Waals surface area contributed by atoms with E-state index in [1.54, 1.807) is 12.1 Å². The summed E-state index contributed by atoms with van der Waals surface area (Å²) in [6.07, 6.45) is 2.15. The predicted octanol–water partition coefficient (Wildman–Crippen LogP) is 3.06. The van der Waals surface area contributed by atoms with E-state index in [0.29, 0.717) is 11.3 Å². The summed E-state index contributed by atoms with van der Waals surface area (Å²) in [4.78, 5) is 11.6. The lowest BCUT2D eigenvalue weighted by Crippen LogP contribution is -2.24. The standard InChI is InChI=1S/C17H16F2N2O2/c1-2-12-3-6-14(7-4-12)23-11-17(22)21-20-10-13-5-8-15(18)16(19)9-13/h3-10H,2,11H2,1H3,(H,21,22)/b20-10-. The normalized spacial score (nSPS) is 10.7. The number of rotatable bonds is 6. The molecule has 6 heteroatoms. The number of carbonyl (C=O) groups excluding carboxylic acids is 1. The van der Waals surface area contributed by atoms with E-state index < -0.39 is 17.5 Å². The van der Waals surface area contributed by atoms with E-state index in [-0.39, 0.29) is 6.61 Å². The number of hydrazone groups is 1. The molecule has 0 saturated carbocycles. The van der Waals surface area contributed by atoms with Gasteiger partial charge in [0.15, 0.2) is 18.2 Å². The first kappa shape index (κ1) is 16.6. The van der Waals surface area contributed by atoms with Gasteiger partial charge in [-0.05, 0) is 41.8 Å². The molecule has 0 fully saturated rings. The number of amides is 1. The second kappa shape index (κ2) is 8.03. The van der Waals surface area contributed by atoms with Crippen molar-refractivity contribution in [3.8, 4) is 5.75 Å². The minimum Gasteiger partial charge on any atom is -0.484 e. The quantitative estimate of drug-likeness (QED) is 0.657. The third kappa shape index (κ3) is 5.18. The molecule has 1 amide bonds. The van der Waals surface area contributed by atoms with Gasteiger partial charge in [-0.1, -0.05) is 25.1 Å². The monoisotopic (exact) mass is 318 g/mol. The smallest absolute Gasteiger partial charge is 0.277 e. The van der Waals surface area contributed by atoms with Crippen molar-refractivity contribution in [3.63, 3.8) is 0 Å². The Hall–Kier alpha value is -2.76. The molecule has 23 heavy (non-hydrogen) atoms. The van der Waals surface area contributed by atoms with Crippen molar-refractivity contribution in [2.75, 3.05) is 6.61 Å². The van der Waals surface area contributed by atoms with Gasteiger partial charge in [0.1, 0.15) is 5.75 Å². The fourth-order valence-electron chi connectivity index (χ4n) is 1.77. The van der Waals surface area contributed by atoms with E-state index in [0.717, 1.165) is 18.6 Å². The van der Waals surface area contributed by atoms with Crippen LogP contribution in [-0.4, -0.2) is 18.7 Å². The maximum Gasteiger partial charge on any atom is 0.277 e. The van der Waals surface area contributed by atoms with Crippen molar-refractivity contribution in [1.29, 1.82) is 0 Å². The van der Waals surface area contributed by atoms with Crippen molar-refractivity contribution in [2.24, 2.45) is 5.10 Å². The molecule has 0 unspecified atom stereocenters. The first-order chi connectivity index (χ1) is 11.1. The molecule has 0 atom stereocenters. The highest BCUT2D eigenvalue weighted by atomic mass is 19.2. The number of hydrogen-bond donors (Lipinski definition) is 1. The van der Waals surface area contributed by atoms with Gasteiger partial charge in [-0.3, -0.25) is 4.79 Å². The van der Waals surface area contributed by atoms with Crippen molar-refractivity contribution in [2.45, 2.75) is 13.3 Å². The molecule has 0 bridgehead atoms. The second-order valence-electron chi connectivity index (χ2n) is 4.75. The van der Waals surface area contributed by atoms with Crippen LogP contribution in [0.2, 0.25) is 0 Å². The third-order valence-corrected chi connectivity index (χ3v) is 3.05. The topological polar surface area (TPSA) is 50.7 Å². The van der Waals surface area contributed by atoms with E-state index in [2.05, 4.69) is 10.5 Å². The second-order valence-corrected chi connectivity index (χ2v) is 4.75. The fraction of sp³-hybridized carbons (Fsp3) is 0.176. The molecule has 4 nitrogen and oxygen atoms in total. The summed E-state index contributed by atoms with van der Waals surface area (Å²) in [7, 11) is 0. The first-order valence-electron chi connectivity index (χ1n) is 7.07. The molecule has 1 N–H and O–H groups in total. The van der Waals surface area contributed by atoms with Gasteiger partial charge in [0.25, 0.3) is 5.91 Å². The Morgan fingerprint density at radius 3 is 2.57 bits per heavy atom. The maximum atomic E-state index is 13.0. The SMILES string of the molecule is CCc1ccc(OCC(=O)N/N=C\c2ccc(F)c(F)c2)cc1. The molecule has 2 rings (SSSR count). The van der Waals surface area contributed by atoms with Crippen molar-refractivity contribution < 1.29 is 18.3 Å². The van der Waals surface area contributed by atoms with Gasteiger partial charge in [0.2, 0.25) is 0 Å². The van der Waals surface area contributed by atoms with Crippen LogP contribution in [-0.2, 0) is 11.2 Å². The van der Waals surface area contributed by atoms with E-state index >= 15 is 0 Å². The highest BCUT2D eigenvalue weighted by Gasteiger charge is 2.03. The molecule has 0 heterocycles. The van der Waals surface area contributed by atoms with Crippen LogP contribution in [0, 0.1) is 11.6 Å². The summed E-state index contributed by atoms with van der Waals surface area (Å²) in [6, 6.07) is 10.7. The molecular formula is C17H16F2N2O2. The van der Waals surface area contributed by atoms with Gasteiger partial charge in [-0.2, -0.15) is 5.10 Å². The molecule has 0 aliphatic rings. The van der Waals surface area contributed by atoms with Gasteiger partial charge in [0.05, 0.1) is 6.21 Å². The lowest BCUT2D eigenvalue weighted by molar-refractivity contribution is -0.123. The van der Waals surface area contributed by atoms with Crippen LogP contribution in [0.15, 0.2) is 47.6 Å². The van der Waals surface area contributed by atoms with Gasteiger partial charge in [-0.15, -0.1) is 0 Å². The highest BCUT2D eigenvalue weighted by Crippen LogP contribution is 2.12. The van der Waals surface area contributed by atoms with Crippen LogP contribution in [0.3, 0.4) is 0 Å². The minimum absolute atomic E-state index is 0.194. The Morgan fingerprint density at radius 1 is 1.17 bits per heavy atom. The van der Waals surface area contributed by atoms with E-state index in [1.807, 2.05) is 19.1 Å². The van der Waals surface area contributed by atoms with Crippen LogP contribution in [0.1, 0.15) is 18.1 Å². The van der Waals surface area contributed by atoms with Gasteiger partial charge in [0, 0.05) is 0 Å². The fourth-order valence-corrected chi connectivity index (χ4v) is 1.77. The molecule has 120 valence electrons. The summed E-state index contributed by atoms with van der Waals surface area (Å²) in [6.45, 7) is 1.86. The van der Waals surface area contributed by atoms with Gasteiger partial charge in [-0.25, -0.2) is 14.2 Å². The molecule has 0 aromatic heterocycles. The largest absolute Gasteiger partial charge is 0.484 e. The molecule has 0 saturated heterocycles. The van der Waals surface area contributed by atoms with Crippen molar-refractivity contribution >= 4 is 12.1 Å². The molecule has 0 aliphatic heterocycles. The van der Waals surface area contributed by atoms with Crippen molar-refractivity contribution in [3.05, 3.63) is 65.2 Å². The molecule has 2 aromatic carbocycles. The number of nitrogens with zero attached hydrogens (tertiary/aromatic N) is 1. The number of aryl methyl sites for hydroxylation is 1. The van der Waals surface area contributed by atoms with Crippen LogP contribution in [0.4, 0.5) is 8.78 Å². The Kier molecular flexibility index (Phi) is 5.80. The number of benzene rings is 2. The number of halogens is 2. The molecular weight excluding hydrogens is 302 g/mol. The van der Waals surface area contributed by atoms with Crippen molar-refractivity contribution in [1.82, 2.24) is 5.43 Å².